The van der Waals surface area contributed by atoms with E-state index in [1.165, 1.54) is 13.3 Å². The molecule has 0 atom stereocenters. The molecule has 1 heterocycles. The molecule has 1 aromatic heterocycles. The summed E-state index contributed by atoms with van der Waals surface area (Å²) in [4.78, 5) is 22.5. The lowest BCUT2D eigenvalue weighted by molar-refractivity contribution is -0.119. The molecule has 4 N–H and O–H groups in total. The highest BCUT2D eigenvalue weighted by Gasteiger charge is 2.09. The standard InChI is InChI=1S/C14H16N4O4/c1-21-12-6-9(2-3-11(12)22-8-13(15)19)7-16-14(20)10-4-5-17-18-10/h2-6H,7-8H2,1H3,(H2,15,19)(H,16,20)(H,17,18). The maximum absolute atomic E-state index is 11.8. The van der Waals surface area contributed by atoms with E-state index in [-0.39, 0.29) is 12.5 Å². The van der Waals surface area contributed by atoms with Crippen LogP contribution in [0.1, 0.15) is 16.1 Å². The molecular formula is C14H16N4O4. The zero-order valence-electron chi connectivity index (χ0n) is 12.0. The number of hydrogen-bond acceptors (Lipinski definition) is 5. The minimum absolute atomic E-state index is 0.230. The Bertz CT molecular complexity index is 655. The first-order valence-corrected chi connectivity index (χ1v) is 6.45. The van der Waals surface area contributed by atoms with Crippen LogP contribution in [-0.2, 0) is 11.3 Å². The van der Waals surface area contributed by atoms with Crippen LogP contribution in [0.15, 0.2) is 30.5 Å². The smallest absolute Gasteiger partial charge is 0.269 e. The van der Waals surface area contributed by atoms with Crippen molar-refractivity contribution in [2.75, 3.05) is 13.7 Å². The van der Waals surface area contributed by atoms with Crippen LogP contribution in [0.5, 0.6) is 11.5 Å². The Morgan fingerprint density at radius 3 is 2.77 bits per heavy atom. The van der Waals surface area contributed by atoms with Crippen molar-refractivity contribution >= 4 is 11.8 Å². The van der Waals surface area contributed by atoms with E-state index in [2.05, 4.69) is 15.5 Å². The normalized spacial score (nSPS) is 10.0. The lowest BCUT2D eigenvalue weighted by atomic mass is 10.2. The summed E-state index contributed by atoms with van der Waals surface area (Å²) in [5.74, 6) is 0.0305. The summed E-state index contributed by atoms with van der Waals surface area (Å²) in [6, 6.07) is 6.70. The van der Waals surface area contributed by atoms with Gasteiger partial charge in [0.2, 0.25) is 0 Å². The van der Waals surface area contributed by atoms with E-state index in [1.54, 1.807) is 24.3 Å². The fourth-order valence-electron chi connectivity index (χ4n) is 1.75. The Kier molecular flexibility index (Phi) is 4.97. The van der Waals surface area contributed by atoms with Gasteiger partial charge in [0, 0.05) is 12.7 Å². The number of rotatable bonds is 7. The van der Waals surface area contributed by atoms with Crippen molar-refractivity contribution < 1.29 is 19.1 Å². The first-order valence-electron chi connectivity index (χ1n) is 6.45. The third kappa shape index (κ3) is 3.98. The van der Waals surface area contributed by atoms with Gasteiger partial charge < -0.3 is 20.5 Å². The fourth-order valence-corrected chi connectivity index (χ4v) is 1.75. The van der Waals surface area contributed by atoms with Gasteiger partial charge in [0.15, 0.2) is 18.1 Å². The van der Waals surface area contributed by atoms with E-state index in [9.17, 15) is 9.59 Å². The van der Waals surface area contributed by atoms with Crippen molar-refractivity contribution in [2.45, 2.75) is 6.54 Å². The summed E-state index contributed by atoms with van der Waals surface area (Å²) >= 11 is 0. The second kappa shape index (κ2) is 7.11. The van der Waals surface area contributed by atoms with Gasteiger partial charge in [0.1, 0.15) is 5.69 Å². The fraction of sp³-hybridized carbons (Fsp3) is 0.214. The third-order valence-corrected chi connectivity index (χ3v) is 2.80. The molecule has 0 fully saturated rings. The SMILES string of the molecule is COc1cc(CNC(=O)c2ccn[nH]2)ccc1OCC(N)=O. The van der Waals surface area contributed by atoms with Gasteiger partial charge in [0.05, 0.1) is 7.11 Å². The Balaban J connectivity index is 2.00. The predicted octanol–water partition coefficient (Wildman–Crippen LogP) is 0.212. The number of nitrogens with one attached hydrogen (secondary N) is 2. The van der Waals surface area contributed by atoms with Gasteiger partial charge in [-0.1, -0.05) is 6.07 Å². The van der Waals surface area contributed by atoms with Crippen molar-refractivity contribution in [1.29, 1.82) is 0 Å². The summed E-state index contributed by atoms with van der Waals surface area (Å²) in [5, 5.41) is 9.04. The summed E-state index contributed by atoms with van der Waals surface area (Å²) in [6.45, 7) is 0.0799. The van der Waals surface area contributed by atoms with Crippen molar-refractivity contribution in [3.05, 3.63) is 41.7 Å². The highest BCUT2D eigenvalue weighted by molar-refractivity contribution is 5.92. The first-order chi connectivity index (χ1) is 10.6. The Hall–Kier alpha value is -3.03. The lowest BCUT2D eigenvalue weighted by Gasteiger charge is -2.11. The van der Waals surface area contributed by atoms with Crippen LogP contribution in [0.4, 0.5) is 0 Å². The molecule has 2 amide bonds. The van der Waals surface area contributed by atoms with Crippen molar-refractivity contribution in [3.63, 3.8) is 0 Å². The second-order valence-electron chi connectivity index (χ2n) is 4.39. The molecule has 0 unspecified atom stereocenters. The van der Waals surface area contributed by atoms with Crippen LogP contribution in [-0.4, -0.2) is 35.7 Å². The largest absolute Gasteiger partial charge is 0.493 e. The Morgan fingerprint density at radius 1 is 1.32 bits per heavy atom. The third-order valence-electron chi connectivity index (χ3n) is 2.80. The molecule has 0 bridgehead atoms. The number of hydrogen-bond donors (Lipinski definition) is 3. The molecular weight excluding hydrogens is 288 g/mol. The van der Waals surface area contributed by atoms with Gasteiger partial charge in [-0.05, 0) is 23.8 Å². The van der Waals surface area contributed by atoms with Crippen LogP contribution in [0.2, 0.25) is 0 Å². The van der Waals surface area contributed by atoms with Crippen LogP contribution >= 0.6 is 0 Å². The van der Waals surface area contributed by atoms with Gasteiger partial charge in [-0.25, -0.2) is 0 Å². The number of carbonyl (C=O) groups is 2. The molecule has 1 aromatic carbocycles. The number of primary amides is 1. The molecule has 2 rings (SSSR count). The number of methoxy groups -OCH3 is 1. The zero-order valence-corrected chi connectivity index (χ0v) is 12.0. The summed E-state index contributed by atoms with van der Waals surface area (Å²) in [6.07, 6.45) is 1.50. The maximum Gasteiger partial charge on any atom is 0.269 e. The summed E-state index contributed by atoms with van der Waals surface area (Å²) in [7, 11) is 1.49. The average molecular weight is 304 g/mol. The van der Waals surface area contributed by atoms with Crippen LogP contribution in [0.25, 0.3) is 0 Å². The number of aromatic nitrogens is 2. The topological polar surface area (TPSA) is 119 Å². The molecule has 8 heteroatoms. The van der Waals surface area contributed by atoms with E-state index in [0.717, 1.165) is 5.56 Å². The number of H-pyrrole nitrogens is 1. The molecule has 2 aromatic rings. The van der Waals surface area contributed by atoms with Crippen LogP contribution < -0.4 is 20.5 Å². The molecule has 0 aliphatic heterocycles. The molecule has 22 heavy (non-hydrogen) atoms. The lowest BCUT2D eigenvalue weighted by Crippen LogP contribution is -2.23. The highest BCUT2D eigenvalue weighted by Crippen LogP contribution is 2.27. The van der Waals surface area contributed by atoms with Gasteiger partial charge in [-0.3, -0.25) is 14.7 Å². The number of aromatic amines is 1. The molecule has 0 radical (unpaired) electrons. The second-order valence-corrected chi connectivity index (χ2v) is 4.39. The van der Waals surface area contributed by atoms with Crippen molar-refractivity contribution in [3.8, 4) is 11.5 Å². The zero-order chi connectivity index (χ0) is 15.9. The quantitative estimate of drug-likeness (QED) is 0.675. The molecule has 0 saturated carbocycles. The highest BCUT2D eigenvalue weighted by atomic mass is 16.5. The number of carbonyl (C=O) groups excluding carboxylic acids is 2. The predicted molar refractivity (Wildman–Crippen MR) is 77.4 cm³/mol. The Morgan fingerprint density at radius 2 is 2.14 bits per heavy atom. The molecule has 116 valence electrons. The molecule has 0 spiro atoms. The monoisotopic (exact) mass is 304 g/mol. The van der Waals surface area contributed by atoms with E-state index in [4.69, 9.17) is 15.2 Å². The minimum atomic E-state index is -0.571. The number of nitrogens with zero attached hydrogens (tertiary/aromatic N) is 1. The van der Waals surface area contributed by atoms with Crippen molar-refractivity contribution in [1.82, 2.24) is 15.5 Å². The average Bonchev–Trinajstić information content (AvgIpc) is 3.05. The van der Waals surface area contributed by atoms with Gasteiger partial charge in [-0.2, -0.15) is 5.10 Å². The van der Waals surface area contributed by atoms with Gasteiger partial charge in [0.25, 0.3) is 11.8 Å². The van der Waals surface area contributed by atoms with Crippen LogP contribution in [0.3, 0.4) is 0 Å². The van der Waals surface area contributed by atoms with E-state index in [1.807, 2.05) is 0 Å². The van der Waals surface area contributed by atoms with Gasteiger partial charge >= 0.3 is 0 Å². The summed E-state index contributed by atoms with van der Waals surface area (Å²) < 4.78 is 10.4. The number of benzene rings is 1. The number of ether oxygens (including phenoxy) is 2. The van der Waals surface area contributed by atoms with E-state index < -0.39 is 5.91 Å². The van der Waals surface area contributed by atoms with Crippen molar-refractivity contribution in [2.24, 2.45) is 5.73 Å². The van der Waals surface area contributed by atoms with E-state index >= 15 is 0 Å². The molecule has 0 aliphatic carbocycles. The van der Waals surface area contributed by atoms with Gasteiger partial charge in [-0.15, -0.1) is 0 Å². The molecule has 8 nitrogen and oxygen atoms in total. The molecule has 0 aliphatic rings. The van der Waals surface area contributed by atoms with Crippen LogP contribution in [0, 0.1) is 0 Å². The summed E-state index contributed by atoms with van der Waals surface area (Å²) in [5.41, 5.74) is 6.23. The maximum atomic E-state index is 11.8. The molecule has 0 saturated heterocycles. The number of amides is 2. The Labute approximate surface area is 126 Å². The minimum Gasteiger partial charge on any atom is -0.493 e. The number of nitrogens with two attached hydrogens (primary N) is 1. The van der Waals surface area contributed by atoms with E-state index in [0.29, 0.717) is 23.7 Å². The first kappa shape index (κ1) is 15.4.